The van der Waals surface area contributed by atoms with E-state index in [1.165, 1.54) is 22.3 Å². The molecule has 0 N–H and O–H groups in total. The standard InChI is InChI=1S/C23H23N/c1-3-9-19(10-4-1)17-23-22-14-8-7-13-21(22)15-16-24(23)18-20-11-5-2-6-12-20/h1-14,23H,15-18H2. The molecule has 1 aliphatic rings. The Labute approximate surface area is 144 Å². The van der Waals surface area contributed by atoms with Gasteiger partial charge >= 0.3 is 0 Å². The SMILES string of the molecule is c1ccc(CC2c3ccccc3CCN2Cc2ccccc2)cc1. The quantitative estimate of drug-likeness (QED) is 0.653. The Morgan fingerprint density at radius 1 is 0.708 bits per heavy atom. The van der Waals surface area contributed by atoms with Gasteiger partial charge in [-0.3, -0.25) is 4.90 Å². The van der Waals surface area contributed by atoms with E-state index in [9.17, 15) is 0 Å². The molecule has 0 amide bonds. The maximum absolute atomic E-state index is 2.64. The predicted molar refractivity (Wildman–Crippen MR) is 99.9 cm³/mol. The summed E-state index contributed by atoms with van der Waals surface area (Å²) in [4.78, 5) is 2.64. The second kappa shape index (κ2) is 7.02. The summed E-state index contributed by atoms with van der Waals surface area (Å²) in [7, 11) is 0. The smallest absolute Gasteiger partial charge is 0.0394 e. The lowest BCUT2D eigenvalue weighted by Gasteiger charge is -2.37. The van der Waals surface area contributed by atoms with Crippen molar-refractivity contribution in [2.75, 3.05) is 6.54 Å². The van der Waals surface area contributed by atoms with E-state index in [2.05, 4.69) is 89.8 Å². The van der Waals surface area contributed by atoms with Crippen molar-refractivity contribution < 1.29 is 0 Å². The van der Waals surface area contributed by atoms with E-state index in [-0.39, 0.29) is 0 Å². The molecule has 24 heavy (non-hydrogen) atoms. The van der Waals surface area contributed by atoms with Crippen molar-refractivity contribution in [3.8, 4) is 0 Å². The molecule has 0 saturated carbocycles. The minimum absolute atomic E-state index is 0.456. The van der Waals surface area contributed by atoms with Crippen LogP contribution in [0, 0.1) is 0 Å². The third kappa shape index (κ3) is 3.27. The van der Waals surface area contributed by atoms with Crippen molar-refractivity contribution in [1.29, 1.82) is 0 Å². The van der Waals surface area contributed by atoms with Gasteiger partial charge in [-0.25, -0.2) is 0 Å². The number of fused-ring (bicyclic) bond motifs is 1. The van der Waals surface area contributed by atoms with Crippen LogP contribution in [-0.2, 0) is 19.4 Å². The Bertz CT molecular complexity index is 779. The van der Waals surface area contributed by atoms with E-state index in [1.807, 2.05) is 0 Å². The highest BCUT2D eigenvalue weighted by Crippen LogP contribution is 2.33. The molecule has 0 radical (unpaired) electrons. The van der Waals surface area contributed by atoms with Crippen molar-refractivity contribution in [2.45, 2.75) is 25.4 Å². The fraction of sp³-hybridized carbons (Fsp3) is 0.217. The summed E-state index contributed by atoms with van der Waals surface area (Å²) in [6.45, 7) is 2.15. The van der Waals surface area contributed by atoms with E-state index in [0.717, 1.165) is 25.9 Å². The lowest BCUT2D eigenvalue weighted by atomic mass is 9.88. The first-order valence-electron chi connectivity index (χ1n) is 8.80. The Balaban J connectivity index is 1.65. The minimum atomic E-state index is 0.456. The minimum Gasteiger partial charge on any atom is -0.291 e. The third-order valence-corrected chi connectivity index (χ3v) is 5.02. The van der Waals surface area contributed by atoms with Crippen molar-refractivity contribution in [2.24, 2.45) is 0 Å². The average molecular weight is 313 g/mol. The van der Waals surface area contributed by atoms with Crippen LogP contribution >= 0.6 is 0 Å². The highest BCUT2D eigenvalue weighted by molar-refractivity contribution is 5.34. The lowest BCUT2D eigenvalue weighted by Crippen LogP contribution is -2.36. The largest absolute Gasteiger partial charge is 0.291 e. The molecule has 0 spiro atoms. The fourth-order valence-corrected chi connectivity index (χ4v) is 3.79. The molecule has 0 bridgehead atoms. The summed E-state index contributed by atoms with van der Waals surface area (Å²) in [6.07, 6.45) is 2.22. The normalized spacial score (nSPS) is 17.4. The first-order chi connectivity index (χ1) is 11.9. The predicted octanol–water partition coefficient (Wildman–Crippen LogP) is 5.03. The lowest BCUT2D eigenvalue weighted by molar-refractivity contribution is 0.175. The summed E-state index contributed by atoms with van der Waals surface area (Å²) in [5.41, 5.74) is 5.83. The molecule has 4 rings (SSSR count). The van der Waals surface area contributed by atoms with Crippen LogP contribution in [0.25, 0.3) is 0 Å². The fourth-order valence-electron chi connectivity index (χ4n) is 3.79. The Kier molecular flexibility index (Phi) is 4.44. The van der Waals surface area contributed by atoms with Gasteiger partial charge in [-0.1, -0.05) is 84.9 Å². The molecule has 1 nitrogen and oxygen atoms in total. The first-order valence-corrected chi connectivity index (χ1v) is 8.80. The molecule has 0 fully saturated rings. The van der Waals surface area contributed by atoms with Crippen LogP contribution in [0.3, 0.4) is 0 Å². The molecule has 3 aromatic carbocycles. The van der Waals surface area contributed by atoms with Gasteiger partial charge in [0.05, 0.1) is 0 Å². The van der Waals surface area contributed by atoms with Gasteiger partial charge in [0.25, 0.3) is 0 Å². The van der Waals surface area contributed by atoms with Gasteiger partial charge in [0.15, 0.2) is 0 Å². The summed E-state index contributed by atoms with van der Waals surface area (Å²) in [5.74, 6) is 0. The summed E-state index contributed by atoms with van der Waals surface area (Å²) >= 11 is 0. The van der Waals surface area contributed by atoms with Gasteiger partial charge in [0.1, 0.15) is 0 Å². The zero-order chi connectivity index (χ0) is 16.2. The topological polar surface area (TPSA) is 3.24 Å². The average Bonchev–Trinajstić information content (AvgIpc) is 2.65. The summed E-state index contributed by atoms with van der Waals surface area (Å²) in [6, 6.07) is 31.2. The highest BCUT2D eigenvalue weighted by Gasteiger charge is 2.27. The number of nitrogens with zero attached hydrogens (tertiary/aromatic N) is 1. The summed E-state index contributed by atoms with van der Waals surface area (Å²) in [5, 5.41) is 0. The maximum Gasteiger partial charge on any atom is 0.0394 e. The van der Waals surface area contributed by atoms with Gasteiger partial charge in [-0.05, 0) is 35.1 Å². The zero-order valence-corrected chi connectivity index (χ0v) is 13.9. The number of benzene rings is 3. The molecule has 1 unspecified atom stereocenters. The molecule has 0 saturated heterocycles. The van der Waals surface area contributed by atoms with Gasteiger partial charge in [0, 0.05) is 19.1 Å². The number of hydrogen-bond acceptors (Lipinski definition) is 1. The first kappa shape index (κ1) is 15.2. The second-order valence-corrected chi connectivity index (χ2v) is 6.61. The number of rotatable bonds is 4. The maximum atomic E-state index is 2.64. The highest BCUT2D eigenvalue weighted by atomic mass is 15.2. The number of hydrogen-bond donors (Lipinski definition) is 0. The Morgan fingerprint density at radius 3 is 2.08 bits per heavy atom. The summed E-state index contributed by atoms with van der Waals surface area (Å²) < 4.78 is 0. The van der Waals surface area contributed by atoms with Gasteiger partial charge in [-0.2, -0.15) is 0 Å². The van der Waals surface area contributed by atoms with Gasteiger partial charge < -0.3 is 0 Å². The van der Waals surface area contributed by atoms with Crippen LogP contribution < -0.4 is 0 Å². The molecule has 0 aromatic heterocycles. The van der Waals surface area contributed by atoms with Crippen LogP contribution in [-0.4, -0.2) is 11.4 Å². The zero-order valence-electron chi connectivity index (χ0n) is 13.9. The van der Waals surface area contributed by atoms with Crippen molar-refractivity contribution in [3.05, 3.63) is 107 Å². The van der Waals surface area contributed by atoms with Gasteiger partial charge in [-0.15, -0.1) is 0 Å². The van der Waals surface area contributed by atoms with Crippen LogP contribution in [0.15, 0.2) is 84.9 Å². The molecular formula is C23H23N. The molecule has 1 heterocycles. The third-order valence-electron chi connectivity index (χ3n) is 5.02. The molecule has 1 aliphatic heterocycles. The van der Waals surface area contributed by atoms with E-state index >= 15 is 0 Å². The van der Waals surface area contributed by atoms with E-state index in [4.69, 9.17) is 0 Å². The van der Waals surface area contributed by atoms with Crippen molar-refractivity contribution in [3.63, 3.8) is 0 Å². The van der Waals surface area contributed by atoms with E-state index < -0.39 is 0 Å². The monoisotopic (exact) mass is 313 g/mol. The molecule has 1 atom stereocenters. The molecule has 0 aliphatic carbocycles. The Hall–Kier alpha value is -2.38. The molecule has 3 aromatic rings. The van der Waals surface area contributed by atoms with Crippen LogP contribution in [0.4, 0.5) is 0 Å². The molecular weight excluding hydrogens is 290 g/mol. The second-order valence-electron chi connectivity index (χ2n) is 6.61. The molecule has 1 heteroatoms. The van der Waals surface area contributed by atoms with Crippen LogP contribution in [0.2, 0.25) is 0 Å². The van der Waals surface area contributed by atoms with Crippen LogP contribution in [0.1, 0.15) is 28.3 Å². The Morgan fingerprint density at radius 2 is 1.33 bits per heavy atom. The van der Waals surface area contributed by atoms with Crippen molar-refractivity contribution >= 4 is 0 Å². The van der Waals surface area contributed by atoms with E-state index in [0.29, 0.717) is 6.04 Å². The van der Waals surface area contributed by atoms with Crippen molar-refractivity contribution in [1.82, 2.24) is 4.90 Å². The van der Waals surface area contributed by atoms with Crippen LogP contribution in [0.5, 0.6) is 0 Å². The van der Waals surface area contributed by atoms with Gasteiger partial charge in [0.2, 0.25) is 0 Å². The van der Waals surface area contributed by atoms with E-state index in [1.54, 1.807) is 0 Å². The molecule has 120 valence electrons.